The molecule has 2 saturated heterocycles. The monoisotopic (exact) mass is 239 g/mol. The quantitative estimate of drug-likeness (QED) is 0.774. The van der Waals surface area contributed by atoms with Gasteiger partial charge in [0.2, 0.25) is 0 Å². The molecule has 3 heteroatoms. The molecule has 98 valence electrons. The van der Waals surface area contributed by atoms with Gasteiger partial charge in [-0.3, -0.25) is 9.69 Å². The molecule has 0 aromatic heterocycles. The number of carboxylic acid groups (broad SMARTS) is 1. The molecular weight excluding hydrogens is 214 g/mol. The summed E-state index contributed by atoms with van der Waals surface area (Å²) in [5.74, 6) is -0.668. The van der Waals surface area contributed by atoms with E-state index >= 15 is 0 Å². The van der Waals surface area contributed by atoms with Gasteiger partial charge in [-0.2, -0.15) is 0 Å². The fraction of sp³-hybridized carbons (Fsp3) is 0.929. The maximum Gasteiger partial charge on any atom is 0.308 e. The van der Waals surface area contributed by atoms with Crippen LogP contribution in [0.15, 0.2) is 0 Å². The van der Waals surface area contributed by atoms with E-state index in [1.165, 1.54) is 32.1 Å². The van der Waals surface area contributed by atoms with Gasteiger partial charge in [0, 0.05) is 18.1 Å². The summed E-state index contributed by atoms with van der Waals surface area (Å²) in [4.78, 5) is 13.8. The molecule has 0 aliphatic carbocycles. The molecule has 2 heterocycles. The third kappa shape index (κ3) is 2.35. The smallest absolute Gasteiger partial charge is 0.308 e. The summed E-state index contributed by atoms with van der Waals surface area (Å²) >= 11 is 0. The second-order valence-corrected chi connectivity index (χ2v) is 5.66. The van der Waals surface area contributed by atoms with Crippen molar-refractivity contribution in [3.05, 3.63) is 0 Å². The topological polar surface area (TPSA) is 40.5 Å². The lowest BCUT2D eigenvalue weighted by Crippen LogP contribution is -2.41. The summed E-state index contributed by atoms with van der Waals surface area (Å²) in [6.45, 7) is 4.46. The van der Waals surface area contributed by atoms with E-state index in [0.717, 1.165) is 12.8 Å². The molecule has 0 amide bonds. The van der Waals surface area contributed by atoms with E-state index in [2.05, 4.69) is 18.7 Å². The molecule has 0 aromatic rings. The van der Waals surface area contributed by atoms with Crippen LogP contribution < -0.4 is 0 Å². The van der Waals surface area contributed by atoms with Crippen LogP contribution in [-0.2, 0) is 4.79 Å². The summed E-state index contributed by atoms with van der Waals surface area (Å²) in [7, 11) is 0. The van der Waals surface area contributed by atoms with Crippen molar-refractivity contribution in [2.75, 3.05) is 0 Å². The predicted octanol–water partition coefficient (Wildman–Crippen LogP) is 2.89. The van der Waals surface area contributed by atoms with Crippen LogP contribution >= 0.6 is 0 Å². The summed E-state index contributed by atoms with van der Waals surface area (Å²) in [6.07, 6.45) is 8.09. The predicted molar refractivity (Wildman–Crippen MR) is 68.0 cm³/mol. The molecule has 0 aromatic carbocycles. The fourth-order valence-corrected chi connectivity index (χ4v) is 3.97. The zero-order valence-corrected chi connectivity index (χ0v) is 11.1. The molecule has 0 spiro atoms. The summed E-state index contributed by atoms with van der Waals surface area (Å²) in [5.41, 5.74) is 0. The van der Waals surface area contributed by atoms with Gasteiger partial charge in [0.1, 0.15) is 0 Å². The molecule has 0 radical (unpaired) electrons. The Labute approximate surface area is 104 Å². The van der Waals surface area contributed by atoms with Crippen molar-refractivity contribution >= 4 is 5.97 Å². The Morgan fingerprint density at radius 1 is 1.29 bits per heavy atom. The van der Waals surface area contributed by atoms with Gasteiger partial charge >= 0.3 is 5.97 Å². The number of carboxylic acids is 1. The zero-order valence-electron chi connectivity index (χ0n) is 11.1. The lowest BCUT2D eigenvalue weighted by molar-refractivity contribution is -0.142. The van der Waals surface area contributed by atoms with Gasteiger partial charge in [0.25, 0.3) is 0 Å². The molecule has 3 nitrogen and oxygen atoms in total. The first-order valence-electron chi connectivity index (χ1n) is 7.19. The van der Waals surface area contributed by atoms with Gasteiger partial charge in [0.15, 0.2) is 0 Å². The highest BCUT2D eigenvalue weighted by molar-refractivity contribution is 5.71. The number of hydrogen-bond acceptors (Lipinski definition) is 2. The largest absolute Gasteiger partial charge is 0.481 e. The van der Waals surface area contributed by atoms with Gasteiger partial charge in [-0.15, -0.1) is 0 Å². The Balaban J connectivity index is 2.07. The van der Waals surface area contributed by atoms with Gasteiger partial charge < -0.3 is 5.11 Å². The number of hydrogen-bond donors (Lipinski definition) is 1. The maximum absolute atomic E-state index is 11.2. The Hall–Kier alpha value is -0.570. The van der Waals surface area contributed by atoms with E-state index in [4.69, 9.17) is 0 Å². The minimum atomic E-state index is -0.575. The molecule has 2 aliphatic rings. The number of carbonyl (C=O) groups is 1. The van der Waals surface area contributed by atoms with Crippen molar-refractivity contribution in [2.24, 2.45) is 5.92 Å². The highest BCUT2D eigenvalue weighted by Gasteiger charge is 2.50. The third-order valence-corrected chi connectivity index (χ3v) is 4.57. The van der Waals surface area contributed by atoms with E-state index in [0.29, 0.717) is 18.1 Å². The van der Waals surface area contributed by atoms with Crippen LogP contribution in [-0.4, -0.2) is 34.1 Å². The van der Waals surface area contributed by atoms with E-state index in [9.17, 15) is 9.90 Å². The van der Waals surface area contributed by atoms with E-state index in [1.807, 2.05) is 0 Å². The lowest BCUT2D eigenvalue weighted by Gasteiger charge is -2.32. The van der Waals surface area contributed by atoms with Crippen molar-refractivity contribution in [3.8, 4) is 0 Å². The first-order valence-corrected chi connectivity index (χ1v) is 7.19. The van der Waals surface area contributed by atoms with Gasteiger partial charge in [-0.1, -0.05) is 26.7 Å². The molecule has 17 heavy (non-hydrogen) atoms. The molecule has 3 atom stereocenters. The van der Waals surface area contributed by atoms with Crippen molar-refractivity contribution < 1.29 is 9.90 Å². The van der Waals surface area contributed by atoms with Crippen molar-refractivity contribution in [2.45, 2.75) is 76.9 Å². The highest BCUT2D eigenvalue weighted by Crippen LogP contribution is 2.44. The van der Waals surface area contributed by atoms with Gasteiger partial charge in [-0.25, -0.2) is 0 Å². The Morgan fingerprint density at radius 2 is 1.94 bits per heavy atom. The minimum absolute atomic E-state index is 0.0926. The standard InChI is InChI=1S/C14H25NO2/c1-3-5-10(6-4-2)15-11-7-8-13(15)12(9-11)14(16)17/h10-13H,3-9H2,1-2H3,(H,16,17). The fourth-order valence-electron chi connectivity index (χ4n) is 3.97. The molecule has 1 N–H and O–H groups in total. The van der Waals surface area contributed by atoms with Crippen LogP contribution in [0.2, 0.25) is 0 Å². The van der Waals surface area contributed by atoms with Crippen LogP contribution in [0.4, 0.5) is 0 Å². The van der Waals surface area contributed by atoms with Crippen LogP contribution in [0, 0.1) is 5.92 Å². The second kappa shape index (κ2) is 5.38. The molecular formula is C14H25NO2. The third-order valence-electron chi connectivity index (χ3n) is 4.57. The highest BCUT2D eigenvalue weighted by atomic mass is 16.4. The molecule has 2 rings (SSSR count). The van der Waals surface area contributed by atoms with Crippen molar-refractivity contribution in [1.29, 1.82) is 0 Å². The molecule has 2 fully saturated rings. The number of fused-ring (bicyclic) bond motifs is 2. The summed E-state index contributed by atoms with van der Waals surface area (Å²) in [6, 6.07) is 1.52. The molecule has 0 saturated carbocycles. The Morgan fingerprint density at radius 3 is 2.41 bits per heavy atom. The van der Waals surface area contributed by atoms with Crippen molar-refractivity contribution in [3.63, 3.8) is 0 Å². The average molecular weight is 239 g/mol. The molecule has 2 bridgehead atoms. The zero-order chi connectivity index (χ0) is 12.4. The minimum Gasteiger partial charge on any atom is -0.481 e. The molecule has 2 aliphatic heterocycles. The normalized spacial score (nSPS) is 32.5. The lowest BCUT2D eigenvalue weighted by atomic mass is 9.89. The van der Waals surface area contributed by atoms with Crippen molar-refractivity contribution in [1.82, 2.24) is 4.90 Å². The summed E-state index contributed by atoms with van der Waals surface area (Å²) in [5, 5.41) is 9.27. The second-order valence-electron chi connectivity index (χ2n) is 5.66. The van der Waals surface area contributed by atoms with Gasteiger partial charge in [0.05, 0.1) is 5.92 Å². The maximum atomic E-state index is 11.2. The van der Waals surface area contributed by atoms with Crippen LogP contribution in [0.25, 0.3) is 0 Å². The average Bonchev–Trinajstić information content (AvgIpc) is 2.85. The Kier molecular flexibility index (Phi) is 4.08. The first-order chi connectivity index (χ1) is 8.19. The SMILES string of the molecule is CCCC(CCC)N1C2CCC1C(C(=O)O)C2. The number of aliphatic carboxylic acids is 1. The van der Waals surface area contributed by atoms with E-state index in [-0.39, 0.29) is 5.92 Å². The first kappa shape index (κ1) is 12.9. The molecule has 3 unspecified atom stereocenters. The van der Waals surface area contributed by atoms with Crippen LogP contribution in [0.3, 0.4) is 0 Å². The summed E-state index contributed by atoms with van der Waals surface area (Å²) < 4.78 is 0. The van der Waals surface area contributed by atoms with Gasteiger partial charge in [-0.05, 0) is 32.1 Å². The van der Waals surface area contributed by atoms with E-state index < -0.39 is 5.97 Å². The van der Waals surface area contributed by atoms with Crippen LogP contribution in [0.5, 0.6) is 0 Å². The Bertz CT molecular complexity index is 273. The van der Waals surface area contributed by atoms with E-state index in [1.54, 1.807) is 0 Å². The number of nitrogens with zero attached hydrogens (tertiary/aromatic N) is 1. The number of rotatable bonds is 6. The van der Waals surface area contributed by atoms with Crippen LogP contribution in [0.1, 0.15) is 58.8 Å².